The van der Waals surface area contributed by atoms with Crippen LogP contribution in [0.2, 0.25) is 5.02 Å². The van der Waals surface area contributed by atoms with Gasteiger partial charge in [-0.05, 0) is 25.1 Å². The molecule has 0 fully saturated rings. The number of hydrogen-bond donors (Lipinski definition) is 3. The Morgan fingerprint density at radius 1 is 1.41 bits per heavy atom. The Labute approximate surface area is 103 Å². The van der Waals surface area contributed by atoms with Gasteiger partial charge >= 0.3 is 6.03 Å². The molecule has 0 spiro atoms. The summed E-state index contributed by atoms with van der Waals surface area (Å²) in [7, 11) is 0. The van der Waals surface area contributed by atoms with Gasteiger partial charge in [0.1, 0.15) is 5.82 Å². The summed E-state index contributed by atoms with van der Waals surface area (Å²) >= 11 is 5.81. The molecule has 0 aliphatic rings. The molecule has 6 heteroatoms. The third kappa shape index (κ3) is 2.98. The average Bonchev–Trinajstić information content (AvgIpc) is 2.64. The van der Waals surface area contributed by atoms with Crippen molar-refractivity contribution in [2.75, 3.05) is 10.6 Å². The van der Waals surface area contributed by atoms with Crippen molar-refractivity contribution in [3.63, 3.8) is 0 Å². The van der Waals surface area contributed by atoms with Crippen LogP contribution in [0.4, 0.5) is 16.3 Å². The van der Waals surface area contributed by atoms with Crippen LogP contribution in [-0.2, 0) is 0 Å². The summed E-state index contributed by atoms with van der Waals surface area (Å²) in [5.74, 6) is 0.574. The Balaban J connectivity index is 2.01. The van der Waals surface area contributed by atoms with Crippen LogP contribution < -0.4 is 10.6 Å². The molecule has 2 rings (SSSR count). The van der Waals surface area contributed by atoms with Crippen molar-refractivity contribution in [2.45, 2.75) is 6.92 Å². The molecule has 0 aliphatic carbocycles. The van der Waals surface area contributed by atoms with Crippen LogP contribution >= 0.6 is 11.6 Å². The van der Waals surface area contributed by atoms with Crippen molar-refractivity contribution in [3.05, 3.63) is 41.0 Å². The first-order valence-corrected chi connectivity index (χ1v) is 5.36. The van der Waals surface area contributed by atoms with E-state index in [1.165, 1.54) is 0 Å². The monoisotopic (exact) mass is 250 g/mol. The van der Waals surface area contributed by atoms with Crippen LogP contribution in [-0.4, -0.2) is 16.2 Å². The maximum Gasteiger partial charge on any atom is 0.324 e. The highest BCUT2D eigenvalue weighted by Gasteiger charge is 2.06. The third-order valence-corrected chi connectivity index (χ3v) is 2.39. The lowest BCUT2D eigenvalue weighted by atomic mass is 10.3. The number of benzene rings is 1. The number of anilines is 2. The van der Waals surface area contributed by atoms with E-state index in [0.717, 1.165) is 5.56 Å². The molecule has 0 saturated carbocycles. The summed E-state index contributed by atoms with van der Waals surface area (Å²) in [6, 6.07) is 6.58. The molecule has 1 heterocycles. The van der Waals surface area contributed by atoms with E-state index in [2.05, 4.69) is 20.8 Å². The van der Waals surface area contributed by atoms with Crippen LogP contribution in [0.1, 0.15) is 5.56 Å². The van der Waals surface area contributed by atoms with E-state index in [9.17, 15) is 4.79 Å². The minimum absolute atomic E-state index is 0.348. The molecule has 0 unspecified atom stereocenters. The standard InChI is InChI=1S/C11H11ClN4O/c1-7-6-13-16-10(7)15-11(17)14-9-4-2-3-8(12)5-9/h2-6H,1H3,(H3,13,14,15,16,17). The first-order chi connectivity index (χ1) is 8.15. The Bertz CT molecular complexity index is 538. The maximum atomic E-state index is 11.6. The molecule has 1 aromatic heterocycles. The van der Waals surface area contributed by atoms with Gasteiger partial charge in [0, 0.05) is 16.3 Å². The molecule has 0 aliphatic heterocycles. The van der Waals surface area contributed by atoms with Crippen LogP contribution in [0.5, 0.6) is 0 Å². The van der Waals surface area contributed by atoms with E-state index in [1.54, 1.807) is 30.5 Å². The number of hydrogen-bond acceptors (Lipinski definition) is 2. The quantitative estimate of drug-likeness (QED) is 0.767. The molecule has 2 amide bonds. The average molecular weight is 251 g/mol. The number of aromatic amines is 1. The van der Waals surface area contributed by atoms with Crippen molar-refractivity contribution in [3.8, 4) is 0 Å². The zero-order valence-corrected chi connectivity index (χ0v) is 9.88. The lowest BCUT2D eigenvalue weighted by Gasteiger charge is -2.06. The number of rotatable bonds is 2. The minimum Gasteiger partial charge on any atom is -0.308 e. The zero-order valence-electron chi connectivity index (χ0n) is 9.12. The molecule has 88 valence electrons. The van der Waals surface area contributed by atoms with Crippen molar-refractivity contribution in [2.24, 2.45) is 0 Å². The Hall–Kier alpha value is -2.01. The van der Waals surface area contributed by atoms with Gasteiger partial charge in [0.05, 0.1) is 6.20 Å². The molecule has 3 N–H and O–H groups in total. The number of nitrogens with zero attached hydrogens (tertiary/aromatic N) is 1. The summed E-state index contributed by atoms with van der Waals surface area (Å²) in [5.41, 5.74) is 1.50. The van der Waals surface area contributed by atoms with Crippen LogP contribution in [0.25, 0.3) is 0 Å². The predicted octanol–water partition coefficient (Wildman–Crippen LogP) is 3.02. The lowest BCUT2D eigenvalue weighted by molar-refractivity contribution is 0.262. The van der Waals surface area contributed by atoms with E-state index in [1.807, 2.05) is 6.92 Å². The predicted molar refractivity (Wildman–Crippen MR) is 67.4 cm³/mol. The van der Waals surface area contributed by atoms with E-state index >= 15 is 0 Å². The van der Waals surface area contributed by atoms with Gasteiger partial charge in [-0.1, -0.05) is 17.7 Å². The van der Waals surface area contributed by atoms with E-state index in [-0.39, 0.29) is 6.03 Å². The minimum atomic E-state index is -0.348. The van der Waals surface area contributed by atoms with Gasteiger partial charge in [-0.2, -0.15) is 5.10 Å². The number of H-pyrrole nitrogens is 1. The highest BCUT2D eigenvalue weighted by molar-refractivity contribution is 6.30. The number of aromatic nitrogens is 2. The largest absolute Gasteiger partial charge is 0.324 e. The molecule has 0 saturated heterocycles. The molecule has 0 radical (unpaired) electrons. The molecular formula is C11H11ClN4O. The number of carbonyl (C=O) groups is 1. The first kappa shape index (κ1) is 11.5. The second kappa shape index (κ2) is 4.88. The molecule has 0 bridgehead atoms. The van der Waals surface area contributed by atoms with Crippen LogP contribution in [0.3, 0.4) is 0 Å². The van der Waals surface area contributed by atoms with Gasteiger partial charge in [-0.15, -0.1) is 0 Å². The van der Waals surface area contributed by atoms with Crippen LogP contribution in [0, 0.1) is 6.92 Å². The Kier molecular flexibility index (Phi) is 3.30. The fourth-order valence-corrected chi connectivity index (χ4v) is 1.51. The number of urea groups is 1. The maximum absolute atomic E-state index is 11.6. The van der Waals surface area contributed by atoms with Gasteiger partial charge in [0.15, 0.2) is 0 Å². The summed E-state index contributed by atoms with van der Waals surface area (Å²) in [4.78, 5) is 11.6. The smallest absolute Gasteiger partial charge is 0.308 e. The van der Waals surface area contributed by atoms with Gasteiger partial charge in [0.2, 0.25) is 0 Å². The highest BCUT2D eigenvalue weighted by atomic mass is 35.5. The van der Waals surface area contributed by atoms with Crippen molar-refractivity contribution < 1.29 is 4.79 Å². The molecular weight excluding hydrogens is 240 g/mol. The molecule has 0 atom stereocenters. The number of amides is 2. The van der Waals surface area contributed by atoms with Gasteiger partial charge in [-0.25, -0.2) is 4.79 Å². The normalized spacial score (nSPS) is 10.0. The molecule has 2 aromatic rings. The number of carbonyl (C=O) groups excluding carboxylic acids is 1. The second-order valence-electron chi connectivity index (χ2n) is 3.52. The number of halogens is 1. The third-order valence-electron chi connectivity index (χ3n) is 2.15. The van der Waals surface area contributed by atoms with Gasteiger partial charge in [-0.3, -0.25) is 10.4 Å². The van der Waals surface area contributed by atoms with Crippen molar-refractivity contribution in [1.82, 2.24) is 10.2 Å². The van der Waals surface area contributed by atoms with E-state index in [4.69, 9.17) is 11.6 Å². The van der Waals surface area contributed by atoms with E-state index < -0.39 is 0 Å². The Morgan fingerprint density at radius 3 is 2.88 bits per heavy atom. The number of nitrogens with one attached hydrogen (secondary N) is 3. The molecule has 5 nitrogen and oxygen atoms in total. The first-order valence-electron chi connectivity index (χ1n) is 4.98. The van der Waals surface area contributed by atoms with Crippen molar-refractivity contribution in [1.29, 1.82) is 0 Å². The number of aryl methyl sites for hydroxylation is 1. The Morgan fingerprint density at radius 2 is 2.24 bits per heavy atom. The van der Waals surface area contributed by atoms with Gasteiger partial charge in [0.25, 0.3) is 0 Å². The van der Waals surface area contributed by atoms with Crippen molar-refractivity contribution >= 4 is 29.1 Å². The second-order valence-corrected chi connectivity index (χ2v) is 3.95. The molecule has 17 heavy (non-hydrogen) atoms. The fourth-order valence-electron chi connectivity index (χ4n) is 1.32. The summed E-state index contributed by atoms with van der Waals surface area (Å²) in [6.45, 7) is 1.85. The summed E-state index contributed by atoms with van der Waals surface area (Å²) in [6.07, 6.45) is 1.63. The van der Waals surface area contributed by atoms with E-state index in [0.29, 0.717) is 16.5 Å². The van der Waals surface area contributed by atoms with Crippen LogP contribution in [0.15, 0.2) is 30.5 Å². The highest BCUT2D eigenvalue weighted by Crippen LogP contribution is 2.15. The summed E-state index contributed by atoms with van der Waals surface area (Å²) in [5, 5.41) is 12.4. The lowest BCUT2D eigenvalue weighted by Crippen LogP contribution is -2.20. The molecule has 1 aromatic carbocycles. The summed E-state index contributed by atoms with van der Waals surface area (Å²) < 4.78 is 0. The SMILES string of the molecule is Cc1cn[nH]c1NC(=O)Nc1cccc(Cl)c1. The van der Waals surface area contributed by atoms with Gasteiger partial charge < -0.3 is 5.32 Å². The topological polar surface area (TPSA) is 69.8 Å². The zero-order chi connectivity index (χ0) is 12.3. The fraction of sp³-hybridized carbons (Fsp3) is 0.0909.